The Morgan fingerprint density at radius 3 is 2.56 bits per heavy atom. The van der Waals surface area contributed by atoms with Gasteiger partial charge in [-0.3, -0.25) is 0 Å². The summed E-state index contributed by atoms with van der Waals surface area (Å²) in [4.78, 5) is 1.10. The molecule has 1 N–H and O–H groups in total. The normalized spacial score (nSPS) is 12.7. The zero-order valence-electron chi connectivity index (χ0n) is 9.31. The molecule has 1 aromatic heterocycles. The van der Waals surface area contributed by atoms with Crippen LogP contribution in [0.15, 0.2) is 32.5 Å². The maximum absolute atomic E-state index is 13.1. The summed E-state index contributed by atoms with van der Waals surface area (Å²) in [6.45, 7) is 0. The van der Waals surface area contributed by atoms with E-state index < -0.39 is 0 Å². The van der Waals surface area contributed by atoms with Crippen LogP contribution in [-0.2, 0) is 0 Å². The molecule has 0 aliphatic heterocycles. The quantitative estimate of drug-likeness (QED) is 0.713. The molecule has 1 atom stereocenters. The van der Waals surface area contributed by atoms with Gasteiger partial charge < -0.3 is 5.32 Å². The summed E-state index contributed by atoms with van der Waals surface area (Å²) in [6.07, 6.45) is 0. The second-order valence-corrected chi connectivity index (χ2v) is 7.32. The molecular weight excluding hydrogens is 404 g/mol. The molecular formula is C12H9Br2ClFNS. The molecule has 18 heavy (non-hydrogen) atoms. The SMILES string of the molecule is CNC(c1cc(Br)c(Br)s1)c1ccc(F)cc1Cl. The molecule has 0 aliphatic carbocycles. The molecule has 0 fully saturated rings. The van der Waals surface area contributed by atoms with Crippen molar-refractivity contribution < 1.29 is 4.39 Å². The molecule has 2 rings (SSSR count). The van der Waals surface area contributed by atoms with Crippen LogP contribution in [0.2, 0.25) is 5.02 Å². The molecule has 0 bridgehead atoms. The zero-order valence-corrected chi connectivity index (χ0v) is 14.1. The van der Waals surface area contributed by atoms with Crippen molar-refractivity contribution in [3.05, 3.63) is 53.8 Å². The van der Waals surface area contributed by atoms with Gasteiger partial charge in [0.1, 0.15) is 5.82 Å². The summed E-state index contributed by atoms with van der Waals surface area (Å²) in [5, 5.41) is 3.62. The second-order valence-electron chi connectivity index (χ2n) is 3.66. The second kappa shape index (κ2) is 6.01. The first-order valence-electron chi connectivity index (χ1n) is 5.10. The number of rotatable bonds is 3. The average Bonchev–Trinajstić information content (AvgIpc) is 2.63. The van der Waals surface area contributed by atoms with Crippen molar-refractivity contribution in [1.29, 1.82) is 0 Å². The Morgan fingerprint density at radius 2 is 2.06 bits per heavy atom. The van der Waals surface area contributed by atoms with E-state index in [0.29, 0.717) is 5.02 Å². The lowest BCUT2D eigenvalue weighted by molar-refractivity contribution is 0.624. The molecule has 1 nitrogen and oxygen atoms in total. The van der Waals surface area contributed by atoms with Gasteiger partial charge in [-0.1, -0.05) is 17.7 Å². The maximum atomic E-state index is 13.1. The molecule has 1 unspecified atom stereocenters. The molecule has 0 radical (unpaired) electrons. The number of hydrogen-bond donors (Lipinski definition) is 1. The fourth-order valence-corrected chi connectivity index (χ4v) is 4.19. The number of benzene rings is 1. The highest BCUT2D eigenvalue weighted by molar-refractivity contribution is 9.13. The summed E-state index contributed by atoms with van der Waals surface area (Å²) < 4.78 is 15.1. The fraction of sp³-hybridized carbons (Fsp3) is 0.167. The highest BCUT2D eigenvalue weighted by atomic mass is 79.9. The van der Waals surface area contributed by atoms with Crippen molar-refractivity contribution in [3.8, 4) is 0 Å². The maximum Gasteiger partial charge on any atom is 0.124 e. The van der Waals surface area contributed by atoms with Crippen LogP contribution in [0.25, 0.3) is 0 Å². The van der Waals surface area contributed by atoms with Crippen LogP contribution >= 0.6 is 54.8 Å². The molecule has 0 aliphatic rings. The topological polar surface area (TPSA) is 12.0 Å². The van der Waals surface area contributed by atoms with E-state index in [4.69, 9.17) is 11.6 Å². The zero-order chi connectivity index (χ0) is 13.3. The number of nitrogens with one attached hydrogen (secondary N) is 1. The van der Waals surface area contributed by atoms with Crippen molar-refractivity contribution in [2.75, 3.05) is 7.05 Å². The smallest absolute Gasteiger partial charge is 0.124 e. The van der Waals surface area contributed by atoms with Gasteiger partial charge in [-0.05, 0) is 62.7 Å². The molecule has 2 aromatic rings. The predicted molar refractivity (Wildman–Crippen MR) is 82.0 cm³/mol. The highest BCUT2D eigenvalue weighted by Crippen LogP contribution is 2.39. The van der Waals surface area contributed by atoms with Gasteiger partial charge >= 0.3 is 0 Å². The molecule has 0 spiro atoms. The minimum Gasteiger partial charge on any atom is -0.309 e. The third-order valence-electron chi connectivity index (χ3n) is 2.51. The Balaban J connectivity index is 2.45. The average molecular weight is 414 g/mol. The van der Waals surface area contributed by atoms with Gasteiger partial charge in [0, 0.05) is 14.4 Å². The van der Waals surface area contributed by atoms with E-state index in [1.165, 1.54) is 12.1 Å². The van der Waals surface area contributed by atoms with Crippen LogP contribution < -0.4 is 5.32 Å². The molecule has 0 saturated carbocycles. The van der Waals surface area contributed by atoms with Crippen LogP contribution in [0, 0.1) is 5.82 Å². The van der Waals surface area contributed by atoms with Gasteiger partial charge in [-0.2, -0.15) is 0 Å². The van der Waals surface area contributed by atoms with E-state index in [1.807, 2.05) is 13.1 Å². The number of halogens is 4. The van der Waals surface area contributed by atoms with E-state index in [-0.39, 0.29) is 11.9 Å². The van der Waals surface area contributed by atoms with Crippen LogP contribution in [0.1, 0.15) is 16.5 Å². The largest absolute Gasteiger partial charge is 0.309 e. The summed E-state index contributed by atoms with van der Waals surface area (Å²) in [5.41, 5.74) is 0.863. The van der Waals surface area contributed by atoms with Gasteiger partial charge in [0.15, 0.2) is 0 Å². The van der Waals surface area contributed by atoms with Crippen molar-refractivity contribution in [3.63, 3.8) is 0 Å². The predicted octanol–water partition coefficient (Wildman–Crippen LogP) is 5.37. The third-order valence-corrected chi connectivity index (χ3v) is 6.16. The van der Waals surface area contributed by atoms with Crippen LogP contribution in [0.4, 0.5) is 4.39 Å². The number of hydrogen-bond acceptors (Lipinski definition) is 2. The summed E-state index contributed by atoms with van der Waals surface area (Å²) in [6, 6.07) is 6.43. The van der Waals surface area contributed by atoms with Gasteiger partial charge in [0.25, 0.3) is 0 Å². The molecule has 1 heterocycles. The van der Waals surface area contributed by atoms with Crippen LogP contribution in [-0.4, -0.2) is 7.05 Å². The van der Waals surface area contributed by atoms with Gasteiger partial charge in [-0.15, -0.1) is 11.3 Å². The van der Waals surface area contributed by atoms with Crippen LogP contribution in [0.3, 0.4) is 0 Å². The van der Waals surface area contributed by atoms with E-state index >= 15 is 0 Å². The lowest BCUT2D eigenvalue weighted by Crippen LogP contribution is -2.16. The first-order valence-corrected chi connectivity index (χ1v) is 7.88. The molecule has 0 saturated heterocycles. The Hall–Kier alpha value is 0.0600. The first-order chi connectivity index (χ1) is 8.52. The third kappa shape index (κ3) is 2.96. The lowest BCUT2D eigenvalue weighted by Gasteiger charge is -2.16. The van der Waals surface area contributed by atoms with E-state index in [9.17, 15) is 4.39 Å². The van der Waals surface area contributed by atoms with Gasteiger partial charge in [0.2, 0.25) is 0 Å². The van der Waals surface area contributed by atoms with Crippen molar-refractivity contribution >= 4 is 54.8 Å². The van der Waals surface area contributed by atoms with Gasteiger partial charge in [-0.25, -0.2) is 4.39 Å². The van der Waals surface area contributed by atoms with E-state index in [0.717, 1.165) is 18.7 Å². The van der Waals surface area contributed by atoms with Crippen molar-refractivity contribution in [2.24, 2.45) is 0 Å². The Bertz CT molecular complexity index is 554. The van der Waals surface area contributed by atoms with E-state index in [2.05, 4.69) is 37.2 Å². The summed E-state index contributed by atoms with van der Waals surface area (Å²) in [5.74, 6) is -0.327. The summed E-state index contributed by atoms with van der Waals surface area (Å²) >= 11 is 14.6. The van der Waals surface area contributed by atoms with Crippen molar-refractivity contribution in [1.82, 2.24) is 5.32 Å². The standard InChI is InChI=1S/C12H9Br2ClFNS/c1-17-11(10-5-8(13)12(14)18-10)7-3-2-6(16)4-9(7)15/h2-5,11,17H,1H3. The van der Waals surface area contributed by atoms with Crippen LogP contribution in [0.5, 0.6) is 0 Å². The highest BCUT2D eigenvalue weighted by Gasteiger charge is 2.18. The molecule has 96 valence electrons. The molecule has 0 amide bonds. The summed E-state index contributed by atoms with van der Waals surface area (Å²) in [7, 11) is 1.85. The van der Waals surface area contributed by atoms with Crippen molar-refractivity contribution in [2.45, 2.75) is 6.04 Å². The number of thiophene rings is 1. The minimum absolute atomic E-state index is 0.0503. The lowest BCUT2D eigenvalue weighted by atomic mass is 10.1. The Morgan fingerprint density at radius 1 is 1.33 bits per heavy atom. The Kier molecular flexibility index (Phi) is 4.83. The van der Waals surface area contributed by atoms with E-state index in [1.54, 1.807) is 17.4 Å². The van der Waals surface area contributed by atoms with Gasteiger partial charge in [0.05, 0.1) is 9.83 Å². The monoisotopic (exact) mass is 411 g/mol. The fourth-order valence-electron chi connectivity index (χ4n) is 1.69. The molecule has 6 heteroatoms. The Labute approximate surface area is 131 Å². The first kappa shape index (κ1) is 14.5. The minimum atomic E-state index is -0.327. The molecule has 1 aromatic carbocycles.